The van der Waals surface area contributed by atoms with Crippen molar-refractivity contribution in [1.29, 1.82) is 0 Å². The minimum Gasteiger partial charge on any atom is -0.504 e. The number of carbonyl (C=O) groups excluding carboxylic acids is 1. The molecule has 2 aromatic rings. The van der Waals surface area contributed by atoms with Crippen molar-refractivity contribution < 1.29 is 15.0 Å². The van der Waals surface area contributed by atoms with Gasteiger partial charge in [0.15, 0.2) is 11.5 Å². The molecule has 102 valence electrons. The Balaban J connectivity index is 2.07. The zero-order chi connectivity index (χ0) is 14.5. The van der Waals surface area contributed by atoms with Gasteiger partial charge >= 0.3 is 0 Å². The number of hydrogen-bond donors (Lipinski definition) is 3. The van der Waals surface area contributed by atoms with Crippen LogP contribution in [-0.4, -0.2) is 22.3 Å². The molecule has 5 heteroatoms. The van der Waals surface area contributed by atoms with Crippen molar-refractivity contribution in [2.45, 2.75) is 6.92 Å². The van der Waals surface area contributed by atoms with Gasteiger partial charge in [-0.3, -0.25) is 4.79 Å². The van der Waals surface area contributed by atoms with Crippen LogP contribution in [0, 0.1) is 6.92 Å². The molecule has 0 saturated carbocycles. The van der Waals surface area contributed by atoms with E-state index in [-0.39, 0.29) is 17.4 Å². The van der Waals surface area contributed by atoms with Gasteiger partial charge in [0, 0.05) is 11.1 Å². The Bertz CT molecular complexity index is 666. The van der Waals surface area contributed by atoms with Crippen LogP contribution in [0.4, 0.5) is 0 Å². The van der Waals surface area contributed by atoms with E-state index >= 15 is 0 Å². The first-order valence-electron chi connectivity index (χ1n) is 5.99. The zero-order valence-corrected chi connectivity index (χ0v) is 10.9. The van der Waals surface area contributed by atoms with E-state index in [2.05, 4.69) is 10.5 Å². The van der Waals surface area contributed by atoms with E-state index in [1.807, 2.05) is 13.0 Å². The Labute approximate surface area is 116 Å². The maximum atomic E-state index is 11.8. The SMILES string of the molecule is Cc1cccc(C(=O)N/N=C\c2cccc(O)c2O)c1. The van der Waals surface area contributed by atoms with Crippen molar-refractivity contribution in [3.05, 3.63) is 59.2 Å². The molecular weight excluding hydrogens is 256 g/mol. The van der Waals surface area contributed by atoms with Gasteiger partial charge < -0.3 is 10.2 Å². The number of nitrogens with zero attached hydrogens (tertiary/aromatic N) is 1. The lowest BCUT2D eigenvalue weighted by molar-refractivity contribution is 0.0955. The predicted molar refractivity (Wildman–Crippen MR) is 76.0 cm³/mol. The van der Waals surface area contributed by atoms with Gasteiger partial charge in [0.25, 0.3) is 5.91 Å². The summed E-state index contributed by atoms with van der Waals surface area (Å²) in [6.45, 7) is 1.89. The van der Waals surface area contributed by atoms with Gasteiger partial charge in [-0.2, -0.15) is 5.10 Å². The molecule has 0 spiro atoms. The number of carbonyl (C=O) groups is 1. The zero-order valence-electron chi connectivity index (χ0n) is 10.9. The molecule has 1 amide bonds. The highest BCUT2D eigenvalue weighted by atomic mass is 16.3. The molecule has 0 fully saturated rings. The van der Waals surface area contributed by atoms with Crippen molar-refractivity contribution >= 4 is 12.1 Å². The minimum atomic E-state index is -0.343. The lowest BCUT2D eigenvalue weighted by atomic mass is 10.1. The van der Waals surface area contributed by atoms with Crippen LogP contribution < -0.4 is 5.43 Å². The molecule has 2 rings (SSSR count). The number of hydrogen-bond acceptors (Lipinski definition) is 4. The van der Waals surface area contributed by atoms with E-state index in [1.165, 1.54) is 12.3 Å². The van der Waals surface area contributed by atoms with E-state index in [4.69, 9.17) is 0 Å². The summed E-state index contributed by atoms with van der Waals surface area (Å²) >= 11 is 0. The third-order valence-electron chi connectivity index (χ3n) is 2.70. The van der Waals surface area contributed by atoms with E-state index < -0.39 is 0 Å². The molecule has 0 atom stereocenters. The number of nitrogens with one attached hydrogen (secondary N) is 1. The lowest BCUT2D eigenvalue weighted by Crippen LogP contribution is -2.17. The van der Waals surface area contributed by atoms with E-state index in [1.54, 1.807) is 30.3 Å². The summed E-state index contributed by atoms with van der Waals surface area (Å²) in [6, 6.07) is 11.6. The van der Waals surface area contributed by atoms with Crippen molar-refractivity contribution in [3.8, 4) is 11.5 Å². The number of hydrazone groups is 1. The third-order valence-corrected chi connectivity index (χ3v) is 2.70. The third kappa shape index (κ3) is 3.14. The Kier molecular flexibility index (Phi) is 4.00. The summed E-state index contributed by atoms with van der Waals surface area (Å²) in [5.74, 6) is -0.857. The van der Waals surface area contributed by atoms with Crippen molar-refractivity contribution in [2.75, 3.05) is 0 Å². The van der Waals surface area contributed by atoms with Crippen LogP contribution in [0.15, 0.2) is 47.6 Å². The molecule has 0 unspecified atom stereocenters. The molecule has 0 saturated heterocycles. The monoisotopic (exact) mass is 270 g/mol. The number of aromatic hydroxyl groups is 2. The summed E-state index contributed by atoms with van der Waals surface area (Å²) in [7, 11) is 0. The largest absolute Gasteiger partial charge is 0.504 e. The normalized spacial score (nSPS) is 10.7. The molecule has 5 nitrogen and oxygen atoms in total. The lowest BCUT2D eigenvalue weighted by Gasteiger charge is -2.02. The second-order valence-electron chi connectivity index (χ2n) is 4.28. The van der Waals surface area contributed by atoms with Gasteiger partial charge in [-0.15, -0.1) is 0 Å². The van der Waals surface area contributed by atoms with Crippen LogP contribution in [-0.2, 0) is 0 Å². The number of amides is 1. The van der Waals surface area contributed by atoms with Crippen LogP contribution >= 0.6 is 0 Å². The molecule has 0 aliphatic heterocycles. The Morgan fingerprint density at radius 3 is 2.70 bits per heavy atom. The topological polar surface area (TPSA) is 81.9 Å². The average molecular weight is 270 g/mol. The maximum absolute atomic E-state index is 11.8. The van der Waals surface area contributed by atoms with E-state index in [0.29, 0.717) is 11.1 Å². The maximum Gasteiger partial charge on any atom is 0.271 e. The number of rotatable bonds is 3. The Morgan fingerprint density at radius 1 is 1.20 bits per heavy atom. The molecular formula is C15H14N2O3. The highest BCUT2D eigenvalue weighted by Crippen LogP contribution is 2.26. The Morgan fingerprint density at radius 2 is 1.95 bits per heavy atom. The highest BCUT2D eigenvalue weighted by molar-refractivity contribution is 5.95. The van der Waals surface area contributed by atoms with Gasteiger partial charge in [0.05, 0.1) is 6.21 Å². The molecule has 0 bridgehead atoms. The quantitative estimate of drug-likeness (QED) is 0.454. The molecule has 3 N–H and O–H groups in total. The van der Waals surface area contributed by atoms with Gasteiger partial charge in [-0.1, -0.05) is 23.8 Å². The fraction of sp³-hybridized carbons (Fsp3) is 0.0667. The van der Waals surface area contributed by atoms with Gasteiger partial charge in [0.1, 0.15) is 0 Å². The molecule has 20 heavy (non-hydrogen) atoms. The summed E-state index contributed by atoms with van der Waals surface area (Å²) in [5, 5.41) is 22.6. The number of aryl methyl sites for hydroxylation is 1. The first-order valence-corrected chi connectivity index (χ1v) is 5.99. The first-order chi connectivity index (χ1) is 9.58. The van der Waals surface area contributed by atoms with Gasteiger partial charge in [0.2, 0.25) is 0 Å². The molecule has 0 aliphatic rings. The van der Waals surface area contributed by atoms with Crippen LogP contribution in [0.5, 0.6) is 11.5 Å². The fourth-order valence-corrected chi connectivity index (χ4v) is 1.66. The summed E-state index contributed by atoms with van der Waals surface area (Å²) in [5.41, 5.74) is 4.15. The molecule has 0 heterocycles. The number of para-hydroxylation sites is 1. The average Bonchev–Trinajstić information content (AvgIpc) is 2.43. The summed E-state index contributed by atoms with van der Waals surface area (Å²) in [6.07, 6.45) is 1.27. The molecule has 0 aliphatic carbocycles. The van der Waals surface area contributed by atoms with Crippen molar-refractivity contribution in [1.82, 2.24) is 5.43 Å². The summed E-state index contributed by atoms with van der Waals surface area (Å²) < 4.78 is 0. The van der Waals surface area contributed by atoms with Crippen LogP contribution in [0.3, 0.4) is 0 Å². The minimum absolute atomic E-state index is 0.237. The molecule has 0 radical (unpaired) electrons. The number of benzene rings is 2. The predicted octanol–water partition coefficient (Wildman–Crippen LogP) is 2.17. The van der Waals surface area contributed by atoms with Crippen molar-refractivity contribution in [3.63, 3.8) is 0 Å². The van der Waals surface area contributed by atoms with Crippen LogP contribution in [0.2, 0.25) is 0 Å². The van der Waals surface area contributed by atoms with Gasteiger partial charge in [-0.05, 0) is 31.2 Å². The number of phenols is 2. The van der Waals surface area contributed by atoms with E-state index in [0.717, 1.165) is 5.56 Å². The summed E-state index contributed by atoms with van der Waals surface area (Å²) in [4.78, 5) is 11.8. The standard InChI is InChI=1S/C15H14N2O3/c1-10-4-2-5-11(8-10)15(20)17-16-9-12-6-3-7-13(18)14(12)19/h2-9,18-19H,1H3,(H,17,20)/b16-9-. The second kappa shape index (κ2) is 5.88. The second-order valence-corrected chi connectivity index (χ2v) is 4.28. The van der Waals surface area contributed by atoms with Crippen LogP contribution in [0.25, 0.3) is 0 Å². The molecule has 2 aromatic carbocycles. The smallest absolute Gasteiger partial charge is 0.271 e. The fourth-order valence-electron chi connectivity index (χ4n) is 1.66. The number of phenolic OH excluding ortho intramolecular Hbond substituents is 2. The van der Waals surface area contributed by atoms with Gasteiger partial charge in [-0.25, -0.2) is 5.43 Å². The first kappa shape index (κ1) is 13.6. The van der Waals surface area contributed by atoms with E-state index in [9.17, 15) is 15.0 Å². The van der Waals surface area contributed by atoms with Crippen molar-refractivity contribution in [2.24, 2.45) is 5.10 Å². The Hall–Kier alpha value is -2.82. The highest BCUT2D eigenvalue weighted by Gasteiger charge is 2.05. The molecule has 0 aromatic heterocycles. The van der Waals surface area contributed by atoms with Crippen LogP contribution in [0.1, 0.15) is 21.5 Å².